The number of para-hydroxylation sites is 3. The summed E-state index contributed by atoms with van der Waals surface area (Å²) in [7, 11) is 0. The Bertz CT molecular complexity index is 3890. The normalized spacial score (nSPS) is 12.8. The van der Waals surface area contributed by atoms with E-state index in [1.807, 2.05) is 84.5 Å². The molecule has 8 aromatic carbocycles. The van der Waals surface area contributed by atoms with E-state index in [4.69, 9.17) is 9.72 Å². The van der Waals surface area contributed by atoms with E-state index >= 15 is 8.78 Å². The first-order valence-corrected chi connectivity index (χ1v) is 26.5. The maximum absolute atomic E-state index is 16.6. The Morgan fingerprint density at radius 2 is 1.18 bits per heavy atom. The summed E-state index contributed by atoms with van der Waals surface area (Å²) in [5, 5.41) is 2.09. The number of fused-ring (bicyclic) bond motifs is 4. The molecule has 0 N–H and O–H groups in total. The van der Waals surface area contributed by atoms with Crippen LogP contribution in [0.2, 0.25) is 0 Å². The van der Waals surface area contributed by atoms with Crippen molar-refractivity contribution in [2.45, 2.75) is 98.8 Å². The van der Waals surface area contributed by atoms with Gasteiger partial charge in [-0.3, -0.25) is 0 Å². The second-order valence-corrected chi connectivity index (χ2v) is 23.1. The number of rotatable bonds is 10. The minimum atomic E-state index is -0.991. The molecule has 398 valence electrons. The molecule has 0 bridgehead atoms. The molecule has 78 heavy (non-hydrogen) atoms. The molecule has 0 atom stereocenters. The van der Waals surface area contributed by atoms with Gasteiger partial charge in [0.2, 0.25) is 0 Å². The number of aromatic nitrogens is 2. The second-order valence-electron chi connectivity index (χ2n) is 23.1. The molecule has 0 unspecified atom stereocenters. The van der Waals surface area contributed by atoms with E-state index in [0.717, 1.165) is 95.6 Å². The van der Waals surface area contributed by atoms with Crippen LogP contribution in [0.5, 0.6) is 11.5 Å². The number of anilines is 4. The van der Waals surface area contributed by atoms with Gasteiger partial charge in [0.05, 0.1) is 5.56 Å². The van der Waals surface area contributed by atoms with E-state index in [2.05, 4.69) is 171 Å². The molecule has 0 radical (unpaired) electrons. The van der Waals surface area contributed by atoms with Crippen LogP contribution in [0.15, 0.2) is 158 Å². The van der Waals surface area contributed by atoms with Gasteiger partial charge in [-0.25, -0.2) is 18.2 Å². The molecule has 0 aliphatic carbocycles. The quantitative estimate of drug-likeness (QED) is 0.128. The van der Waals surface area contributed by atoms with Gasteiger partial charge in [0.1, 0.15) is 23.3 Å². The Kier molecular flexibility index (Phi) is 14.4. The fraction of sp³-hybridized carbons (Fsp3) is 0.217. The van der Waals surface area contributed by atoms with Gasteiger partial charge in [-0.15, -0.1) is 53.6 Å². The standard InChI is InChI=1S/C69H62F3N4O.Pt/c1-41(2)44-28-45(42(3)4)30-46(29-44)57-33-49(69(9,10)11)34-58(66-59(71)36-50(70)37-60(66)72)67(57)75-40-74(62-22-16-17-23-63(62)75)51-31-47(54-19-13-12-18-43(54)5)32-53(38-51)77-52-24-25-56-55-20-14-15-21-61(55)76(64(56)39-52)65-35-48(26-27-73-65)68(6,7)8;/h12-37,40-42H,1-11H3;/q-3;. The topological polar surface area (TPSA) is 33.5 Å². The SMILES string of the molecule is Cc1ccccc1-c1cc(Oc2[c-]c3c(cc2)c2ccccc2n3-c2cc(C(C)(C)C)ccn2)[c-]c(N2[CH-]N(c3c(-c4cc(C(C)C)cc(C(C)C)c4)cc(C(C)(C)C)cc3-c3c(F)cc(F)cc3F)c3ccccc32)c1.[Pt]. The average molecular weight is 1220 g/mol. The Labute approximate surface area is 471 Å². The average Bonchev–Trinajstić information content (AvgIpc) is 4.14. The number of hydrogen-bond donors (Lipinski definition) is 0. The summed E-state index contributed by atoms with van der Waals surface area (Å²) in [4.78, 5) is 8.96. The molecule has 10 aromatic rings. The number of nitrogens with zero attached hydrogens (tertiary/aromatic N) is 4. The number of halogens is 3. The van der Waals surface area contributed by atoms with Crippen LogP contribution in [0, 0.1) is 43.2 Å². The predicted molar refractivity (Wildman–Crippen MR) is 311 cm³/mol. The predicted octanol–water partition coefficient (Wildman–Crippen LogP) is 19.5. The molecule has 11 rings (SSSR count). The maximum atomic E-state index is 16.6. The van der Waals surface area contributed by atoms with Gasteiger partial charge in [0, 0.05) is 84.6 Å². The van der Waals surface area contributed by atoms with Crippen LogP contribution < -0.4 is 14.5 Å². The third-order valence-corrected chi connectivity index (χ3v) is 14.9. The van der Waals surface area contributed by atoms with Crippen molar-refractivity contribution in [2.75, 3.05) is 9.80 Å². The molecular weight excluding hydrogens is 1150 g/mol. The molecule has 1 aliphatic rings. The largest absolute Gasteiger partial charge is 0.509 e. The van der Waals surface area contributed by atoms with Crippen molar-refractivity contribution in [3.05, 3.63) is 222 Å². The summed E-state index contributed by atoms with van der Waals surface area (Å²) in [6.07, 6.45) is 1.87. The van der Waals surface area contributed by atoms with Crippen molar-refractivity contribution < 1.29 is 39.0 Å². The zero-order chi connectivity index (χ0) is 54.2. The molecule has 1 aliphatic heterocycles. The third-order valence-electron chi connectivity index (χ3n) is 14.9. The van der Waals surface area contributed by atoms with Gasteiger partial charge in [0.25, 0.3) is 0 Å². The van der Waals surface area contributed by atoms with Gasteiger partial charge in [-0.2, -0.15) is 6.07 Å². The minimum absolute atomic E-state index is 0. The van der Waals surface area contributed by atoms with Crippen LogP contribution in [0.3, 0.4) is 0 Å². The molecule has 0 spiro atoms. The molecule has 5 nitrogen and oxygen atoms in total. The fourth-order valence-corrected chi connectivity index (χ4v) is 10.6. The zero-order valence-corrected chi connectivity index (χ0v) is 48.2. The second kappa shape index (κ2) is 20.8. The van der Waals surface area contributed by atoms with E-state index in [1.165, 1.54) is 5.56 Å². The van der Waals surface area contributed by atoms with Crippen LogP contribution >= 0.6 is 0 Å². The molecule has 0 fully saturated rings. The molecular formula is C69H62F3N4OPt-3. The van der Waals surface area contributed by atoms with E-state index in [0.29, 0.717) is 28.4 Å². The summed E-state index contributed by atoms with van der Waals surface area (Å²) in [5.41, 5.74) is 13.0. The first-order valence-electron chi connectivity index (χ1n) is 26.5. The van der Waals surface area contributed by atoms with Gasteiger partial charge in [-0.1, -0.05) is 148 Å². The number of ether oxygens (including phenoxy) is 1. The van der Waals surface area contributed by atoms with Crippen LogP contribution in [0.1, 0.15) is 109 Å². The summed E-state index contributed by atoms with van der Waals surface area (Å²) >= 11 is 0. The Morgan fingerprint density at radius 3 is 1.85 bits per heavy atom. The van der Waals surface area contributed by atoms with Crippen molar-refractivity contribution >= 4 is 44.6 Å². The van der Waals surface area contributed by atoms with Crippen LogP contribution in [0.25, 0.3) is 61.0 Å². The molecule has 9 heteroatoms. The van der Waals surface area contributed by atoms with Crippen LogP contribution in [-0.4, -0.2) is 9.55 Å². The maximum Gasteiger partial charge on any atom is 0.136 e. The van der Waals surface area contributed by atoms with Crippen molar-refractivity contribution in [3.63, 3.8) is 0 Å². The van der Waals surface area contributed by atoms with E-state index < -0.39 is 22.9 Å². The van der Waals surface area contributed by atoms with Gasteiger partial charge < -0.3 is 19.1 Å². The molecule has 0 saturated carbocycles. The minimum Gasteiger partial charge on any atom is -0.509 e. The Hall–Kier alpha value is -7.41. The van der Waals surface area contributed by atoms with Gasteiger partial charge in [-0.05, 0) is 116 Å². The fourth-order valence-electron chi connectivity index (χ4n) is 10.6. The van der Waals surface area contributed by atoms with Crippen LogP contribution in [0.4, 0.5) is 35.9 Å². The van der Waals surface area contributed by atoms with Crippen LogP contribution in [-0.2, 0) is 31.9 Å². The first kappa shape index (κ1) is 54.0. The van der Waals surface area contributed by atoms with Crippen molar-refractivity contribution in [1.29, 1.82) is 0 Å². The molecule has 0 amide bonds. The van der Waals surface area contributed by atoms with E-state index in [1.54, 1.807) is 0 Å². The van der Waals surface area contributed by atoms with E-state index in [9.17, 15) is 4.39 Å². The summed E-state index contributed by atoms with van der Waals surface area (Å²) in [6.45, 7) is 25.6. The van der Waals surface area contributed by atoms with Gasteiger partial charge in [0.15, 0.2) is 0 Å². The van der Waals surface area contributed by atoms with Crippen molar-refractivity contribution in [1.82, 2.24) is 9.55 Å². The summed E-state index contributed by atoms with van der Waals surface area (Å²) in [5.74, 6) is -0.842. The summed E-state index contributed by atoms with van der Waals surface area (Å²) in [6, 6.07) is 56.4. The van der Waals surface area contributed by atoms with Gasteiger partial charge >= 0.3 is 0 Å². The molecule has 2 aromatic heterocycles. The number of hydrogen-bond acceptors (Lipinski definition) is 4. The Balaban J connectivity index is 0.00000688. The smallest absolute Gasteiger partial charge is 0.136 e. The number of pyridine rings is 1. The Morgan fingerprint density at radius 1 is 0.564 bits per heavy atom. The summed E-state index contributed by atoms with van der Waals surface area (Å²) < 4.78 is 57.2. The van der Waals surface area contributed by atoms with Crippen molar-refractivity contribution in [2.24, 2.45) is 0 Å². The molecule has 0 saturated heterocycles. The zero-order valence-electron chi connectivity index (χ0n) is 45.9. The number of benzene rings is 8. The number of aryl methyl sites for hydroxylation is 1. The monoisotopic (exact) mass is 1210 g/mol. The first-order chi connectivity index (χ1) is 36.7. The van der Waals surface area contributed by atoms with E-state index in [-0.39, 0.29) is 43.9 Å². The molecule has 3 heterocycles. The third kappa shape index (κ3) is 10.0. The van der Waals surface area contributed by atoms with Crippen molar-refractivity contribution in [3.8, 4) is 50.7 Å².